The molecule has 1 aliphatic rings. The number of anilines is 1. The van der Waals surface area contributed by atoms with Crippen molar-refractivity contribution < 1.29 is 9.18 Å². The molecule has 0 spiro atoms. The largest absolute Gasteiger partial charge is 0.310 e. The maximum absolute atomic E-state index is 13.3. The number of para-hydroxylation sites is 1. The van der Waals surface area contributed by atoms with Crippen molar-refractivity contribution in [3.63, 3.8) is 0 Å². The lowest BCUT2D eigenvalue weighted by Gasteiger charge is -2.35. The van der Waals surface area contributed by atoms with Crippen molar-refractivity contribution >= 4 is 11.6 Å². The molecule has 1 amide bonds. The van der Waals surface area contributed by atoms with Gasteiger partial charge in [-0.2, -0.15) is 0 Å². The molecule has 0 aliphatic carbocycles. The minimum absolute atomic E-state index is 0.115. The predicted molar refractivity (Wildman–Crippen MR) is 89.9 cm³/mol. The third-order valence-electron chi connectivity index (χ3n) is 4.33. The summed E-state index contributed by atoms with van der Waals surface area (Å²) in [6.07, 6.45) is 0. The Morgan fingerprint density at radius 1 is 1.04 bits per heavy atom. The van der Waals surface area contributed by atoms with Gasteiger partial charge < -0.3 is 4.90 Å². The minimum Gasteiger partial charge on any atom is -0.310 e. The van der Waals surface area contributed by atoms with Gasteiger partial charge in [0.1, 0.15) is 5.82 Å². The van der Waals surface area contributed by atoms with Gasteiger partial charge in [0, 0.05) is 25.3 Å². The third kappa shape index (κ3) is 3.42. The van der Waals surface area contributed by atoms with Crippen molar-refractivity contribution in [2.75, 3.05) is 24.5 Å². The fraction of sp³-hybridized carbons (Fsp3) is 0.316. The summed E-state index contributed by atoms with van der Waals surface area (Å²) in [6, 6.07) is 13.1. The van der Waals surface area contributed by atoms with Crippen molar-refractivity contribution in [1.29, 1.82) is 0 Å². The fourth-order valence-electron chi connectivity index (χ4n) is 3.04. The first-order chi connectivity index (χ1) is 11.0. The first-order valence-corrected chi connectivity index (χ1v) is 7.88. The van der Waals surface area contributed by atoms with Crippen molar-refractivity contribution in [3.05, 3.63) is 65.0 Å². The summed E-state index contributed by atoms with van der Waals surface area (Å²) in [5.41, 5.74) is 3.80. The van der Waals surface area contributed by atoms with Crippen LogP contribution in [0.4, 0.5) is 10.1 Å². The fourth-order valence-corrected chi connectivity index (χ4v) is 3.04. The van der Waals surface area contributed by atoms with E-state index in [1.165, 1.54) is 6.07 Å². The van der Waals surface area contributed by atoms with Gasteiger partial charge in [-0.25, -0.2) is 4.39 Å². The molecule has 1 fully saturated rings. The molecule has 0 bridgehead atoms. The molecule has 1 heterocycles. The van der Waals surface area contributed by atoms with Crippen LogP contribution in [-0.4, -0.2) is 30.4 Å². The number of rotatable bonds is 3. The Labute approximate surface area is 136 Å². The van der Waals surface area contributed by atoms with Crippen molar-refractivity contribution in [2.45, 2.75) is 20.4 Å². The number of carbonyl (C=O) groups excluding carboxylic acids is 1. The first kappa shape index (κ1) is 15.7. The average molecular weight is 312 g/mol. The number of hydrogen-bond acceptors (Lipinski definition) is 2. The SMILES string of the molecule is Cc1cc(CN2CCN(c3ccccc3C)C(=O)C2)ccc1F. The predicted octanol–water partition coefficient (Wildman–Crippen LogP) is 3.29. The van der Waals surface area contributed by atoms with E-state index in [4.69, 9.17) is 0 Å². The van der Waals surface area contributed by atoms with E-state index in [1.807, 2.05) is 42.2 Å². The highest BCUT2D eigenvalue weighted by Crippen LogP contribution is 2.22. The van der Waals surface area contributed by atoms with E-state index >= 15 is 0 Å². The van der Waals surface area contributed by atoms with E-state index in [2.05, 4.69) is 4.90 Å². The molecule has 1 saturated heterocycles. The molecule has 120 valence electrons. The molecule has 23 heavy (non-hydrogen) atoms. The Kier molecular flexibility index (Phi) is 4.44. The van der Waals surface area contributed by atoms with Gasteiger partial charge in [0.2, 0.25) is 5.91 Å². The smallest absolute Gasteiger partial charge is 0.241 e. The van der Waals surface area contributed by atoms with E-state index in [1.54, 1.807) is 13.0 Å². The highest BCUT2D eigenvalue weighted by Gasteiger charge is 2.25. The van der Waals surface area contributed by atoms with Gasteiger partial charge in [0.15, 0.2) is 0 Å². The molecule has 0 aromatic heterocycles. The van der Waals surface area contributed by atoms with Crippen LogP contribution in [-0.2, 0) is 11.3 Å². The van der Waals surface area contributed by atoms with E-state index < -0.39 is 0 Å². The number of hydrogen-bond donors (Lipinski definition) is 0. The van der Waals surface area contributed by atoms with Crippen LogP contribution in [0.1, 0.15) is 16.7 Å². The molecule has 0 saturated carbocycles. The van der Waals surface area contributed by atoms with Crippen LogP contribution in [0.3, 0.4) is 0 Å². The standard InChI is InChI=1S/C19H21FN2O/c1-14-5-3-4-6-18(14)22-10-9-21(13-19(22)23)12-16-7-8-17(20)15(2)11-16/h3-8,11H,9-10,12-13H2,1-2H3. The van der Waals surface area contributed by atoms with Crippen LogP contribution >= 0.6 is 0 Å². The molecule has 2 aromatic rings. The Balaban J connectivity index is 1.68. The van der Waals surface area contributed by atoms with Gasteiger partial charge in [-0.3, -0.25) is 9.69 Å². The topological polar surface area (TPSA) is 23.6 Å². The zero-order valence-electron chi connectivity index (χ0n) is 13.6. The van der Waals surface area contributed by atoms with E-state index in [0.29, 0.717) is 25.2 Å². The Morgan fingerprint density at radius 3 is 2.52 bits per heavy atom. The van der Waals surface area contributed by atoms with E-state index in [-0.39, 0.29) is 11.7 Å². The number of halogens is 1. The maximum atomic E-state index is 13.3. The van der Waals surface area contributed by atoms with Gasteiger partial charge in [0.05, 0.1) is 6.54 Å². The second kappa shape index (κ2) is 6.50. The van der Waals surface area contributed by atoms with Crippen molar-refractivity contribution in [2.24, 2.45) is 0 Å². The average Bonchev–Trinajstić information content (AvgIpc) is 2.52. The third-order valence-corrected chi connectivity index (χ3v) is 4.33. The van der Waals surface area contributed by atoms with Gasteiger partial charge in [-0.05, 0) is 42.7 Å². The summed E-state index contributed by atoms with van der Waals surface area (Å²) >= 11 is 0. The highest BCUT2D eigenvalue weighted by atomic mass is 19.1. The lowest BCUT2D eigenvalue weighted by atomic mass is 10.1. The Bertz CT molecular complexity index is 729. The second-order valence-electron chi connectivity index (χ2n) is 6.13. The normalized spacial score (nSPS) is 16.0. The summed E-state index contributed by atoms with van der Waals surface area (Å²) < 4.78 is 13.3. The monoisotopic (exact) mass is 312 g/mol. The number of carbonyl (C=O) groups is 1. The van der Waals surface area contributed by atoms with Crippen LogP contribution in [0.15, 0.2) is 42.5 Å². The molecule has 1 aliphatic heterocycles. The lowest BCUT2D eigenvalue weighted by Crippen LogP contribution is -2.50. The van der Waals surface area contributed by atoms with Gasteiger partial charge in [-0.1, -0.05) is 30.3 Å². The molecular weight excluding hydrogens is 291 g/mol. The zero-order valence-corrected chi connectivity index (χ0v) is 13.6. The second-order valence-corrected chi connectivity index (χ2v) is 6.13. The number of aryl methyl sites for hydroxylation is 2. The molecule has 3 rings (SSSR count). The number of amides is 1. The van der Waals surface area contributed by atoms with Crippen LogP contribution in [0.5, 0.6) is 0 Å². The van der Waals surface area contributed by atoms with Crippen LogP contribution in [0.25, 0.3) is 0 Å². The number of nitrogens with zero attached hydrogens (tertiary/aromatic N) is 2. The molecule has 4 heteroatoms. The molecule has 2 aromatic carbocycles. The number of benzene rings is 2. The zero-order chi connectivity index (χ0) is 16.4. The van der Waals surface area contributed by atoms with Gasteiger partial charge in [0.25, 0.3) is 0 Å². The van der Waals surface area contributed by atoms with Gasteiger partial charge >= 0.3 is 0 Å². The first-order valence-electron chi connectivity index (χ1n) is 7.88. The summed E-state index contributed by atoms with van der Waals surface area (Å²) in [5.74, 6) is -0.0708. The molecule has 0 unspecified atom stereocenters. The Hall–Kier alpha value is -2.20. The van der Waals surface area contributed by atoms with Crippen molar-refractivity contribution in [1.82, 2.24) is 4.90 Å². The molecule has 0 N–H and O–H groups in total. The van der Waals surface area contributed by atoms with Crippen LogP contribution in [0.2, 0.25) is 0 Å². The molecule has 0 radical (unpaired) electrons. The Morgan fingerprint density at radius 2 is 1.83 bits per heavy atom. The summed E-state index contributed by atoms with van der Waals surface area (Å²) in [6.45, 7) is 6.36. The van der Waals surface area contributed by atoms with Gasteiger partial charge in [-0.15, -0.1) is 0 Å². The van der Waals surface area contributed by atoms with Crippen molar-refractivity contribution in [3.8, 4) is 0 Å². The van der Waals surface area contributed by atoms with Crippen LogP contribution < -0.4 is 4.90 Å². The molecule has 3 nitrogen and oxygen atoms in total. The highest BCUT2D eigenvalue weighted by molar-refractivity contribution is 5.96. The summed E-state index contributed by atoms with van der Waals surface area (Å²) in [4.78, 5) is 16.5. The quantitative estimate of drug-likeness (QED) is 0.868. The molecular formula is C19H21FN2O. The molecule has 0 atom stereocenters. The summed E-state index contributed by atoms with van der Waals surface area (Å²) in [5, 5.41) is 0. The van der Waals surface area contributed by atoms with E-state index in [9.17, 15) is 9.18 Å². The summed E-state index contributed by atoms with van der Waals surface area (Å²) in [7, 11) is 0. The maximum Gasteiger partial charge on any atom is 0.241 e. The lowest BCUT2D eigenvalue weighted by molar-refractivity contribution is -0.121. The van der Waals surface area contributed by atoms with Crippen LogP contribution in [0, 0.1) is 19.7 Å². The van der Waals surface area contributed by atoms with E-state index in [0.717, 1.165) is 23.4 Å². The number of piperazine rings is 1. The minimum atomic E-state index is -0.186.